The maximum atomic E-state index is 12.7. The molecule has 3 nitrogen and oxygen atoms in total. The Morgan fingerprint density at radius 3 is 2.71 bits per heavy atom. The average Bonchev–Trinajstić information content (AvgIpc) is 2.83. The number of aryl methyl sites for hydroxylation is 3. The SMILES string of the molecule is O=C(NC1CCCc2ccccc2C1)c1cnc2c(c1)CCCC2. The Balaban J connectivity index is 1.48. The largest absolute Gasteiger partial charge is 0.349 e. The predicted molar refractivity (Wildman–Crippen MR) is 95.2 cm³/mol. The predicted octanol–water partition coefficient (Wildman–Crippen LogP) is 3.64. The van der Waals surface area contributed by atoms with Crippen molar-refractivity contribution in [1.29, 1.82) is 0 Å². The maximum Gasteiger partial charge on any atom is 0.253 e. The summed E-state index contributed by atoms with van der Waals surface area (Å²) in [6.07, 6.45) is 10.5. The van der Waals surface area contributed by atoms with E-state index in [1.165, 1.54) is 35.2 Å². The van der Waals surface area contributed by atoms with Gasteiger partial charge in [0, 0.05) is 17.9 Å². The van der Waals surface area contributed by atoms with E-state index in [9.17, 15) is 4.79 Å². The molecule has 0 saturated carbocycles. The van der Waals surface area contributed by atoms with Gasteiger partial charge in [0.25, 0.3) is 5.91 Å². The molecular weight excluding hydrogens is 296 g/mol. The van der Waals surface area contributed by atoms with Gasteiger partial charge in [-0.3, -0.25) is 9.78 Å². The summed E-state index contributed by atoms with van der Waals surface area (Å²) in [5, 5.41) is 3.24. The Bertz CT molecular complexity index is 753. The summed E-state index contributed by atoms with van der Waals surface area (Å²) in [6, 6.07) is 10.9. The van der Waals surface area contributed by atoms with Gasteiger partial charge < -0.3 is 5.32 Å². The van der Waals surface area contributed by atoms with E-state index in [4.69, 9.17) is 0 Å². The maximum absolute atomic E-state index is 12.7. The summed E-state index contributed by atoms with van der Waals surface area (Å²) in [7, 11) is 0. The number of rotatable bonds is 2. The number of carbonyl (C=O) groups is 1. The smallest absolute Gasteiger partial charge is 0.253 e. The van der Waals surface area contributed by atoms with E-state index in [1.54, 1.807) is 6.20 Å². The number of benzene rings is 1. The van der Waals surface area contributed by atoms with E-state index in [2.05, 4.69) is 40.6 Å². The molecular formula is C21H24N2O. The zero-order chi connectivity index (χ0) is 16.4. The molecule has 1 amide bonds. The van der Waals surface area contributed by atoms with Gasteiger partial charge in [-0.2, -0.15) is 0 Å². The number of amides is 1. The van der Waals surface area contributed by atoms with Gasteiger partial charge >= 0.3 is 0 Å². The molecule has 1 heterocycles. The van der Waals surface area contributed by atoms with E-state index in [1.807, 2.05) is 0 Å². The highest BCUT2D eigenvalue weighted by Gasteiger charge is 2.20. The fourth-order valence-corrected chi connectivity index (χ4v) is 4.01. The minimum atomic E-state index is 0.0280. The molecule has 2 aromatic rings. The molecule has 0 saturated heterocycles. The van der Waals surface area contributed by atoms with Crippen LogP contribution in [0, 0.1) is 0 Å². The standard InChI is InChI=1S/C21H24N2O/c24-21(18-12-17-8-3-4-11-20(17)22-14-18)23-19-10-5-9-15-6-1-2-7-16(15)13-19/h1-2,6-7,12,14,19H,3-5,8-11,13H2,(H,23,24). The van der Waals surface area contributed by atoms with Gasteiger partial charge in [-0.1, -0.05) is 24.3 Å². The average molecular weight is 320 g/mol. The molecule has 1 aromatic heterocycles. The van der Waals surface area contributed by atoms with E-state index in [0.717, 1.165) is 38.5 Å². The minimum Gasteiger partial charge on any atom is -0.349 e. The van der Waals surface area contributed by atoms with Crippen molar-refractivity contribution in [1.82, 2.24) is 10.3 Å². The molecule has 0 spiro atoms. The third-order valence-corrected chi connectivity index (χ3v) is 5.35. The van der Waals surface area contributed by atoms with Crippen molar-refractivity contribution in [2.24, 2.45) is 0 Å². The van der Waals surface area contributed by atoms with Crippen molar-refractivity contribution in [2.75, 3.05) is 0 Å². The topological polar surface area (TPSA) is 42.0 Å². The zero-order valence-electron chi connectivity index (χ0n) is 14.1. The van der Waals surface area contributed by atoms with Crippen molar-refractivity contribution < 1.29 is 4.79 Å². The van der Waals surface area contributed by atoms with Crippen LogP contribution in [0.3, 0.4) is 0 Å². The summed E-state index contributed by atoms with van der Waals surface area (Å²) in [5.41, 5.74) is 5.98. The van der Waals surface area contributed by atoms with Gasteiger partial charge in [0.2, 0.25) is 0 Å². The molecule has 3 heteroatoms. The van der Waals surface area contributed by atoms with Crippen molar-refractivity contribution in [3.63, 3.8) is 0 Å². The van der Waals surface area contributed by atoms with E-state index >= 15 is 0 Å². The van der Waals surface area contributed by atoms with Crippen LogP contribution in [0.5, 0.6) is 0 Å². The highest BCUT2D eigenvalue weighted by molar-refractivity contribution is 5.94. The molecule has 1 unspecified atom stereocenters. The Morgan fingerprint density at radius 1 is 1.00 bits per heavy atom. The number of hydrogen-bond donors (Lipinski definition) is 1. The highest BCUT2D eigenvalue weighted by atomic mass is 16.1. The second-order valence-corrected chi connectivity index (χ2v) is 7.07. The fraction of sp³-hybridized carbons (Fsp3) is 0.429. The summed E-state index contributed by atoms with van der Waals surface area (Å²) < 4.78 is 0. The van der Waals surface area contributed by atoms with Gasteiger partial charge in [-0.25, -0.2) is 0 Å². The molecule has 0 fully saturated rings. The molecule has 1 N–H and O–H groups in total. The summed E-state index contributed by atoms with van der Waals surface area (Å²) in [4.78, 5) is 17.2. The van der Waals surface area contributed by atoms with E-state index in [-0.39, 0.29) is 11.9 Å². The van der Waals surface area contributed by atoms with Gasteiger partial charge in [0.15, 0.2) is 0 Å². The number of nitrogens with one attached hydrogen (secondary N) is 1. The van der Waals surface area contributed by atoms with Crippen LogP contribution in [0.1, 0.15) is 58.4 Å². The number of pyridine rings is 1. The lowest BCUT2D eigenvalue weighted by Gasteiger charge is -2.19. The van der Waals surface area contributed by atoms with Crippen molar-refractivity contribution >= 4 is 5.91 Å². The Kier molecular flexibility index (Phi) is 4.33. The van der Waals surface area contributed by atoms with Crippen LogP contribution in [-0.4, -0.2) is 16.9 Å². The third kappa shape index (κ3) is 3.21. The zero-order valence-corrected chi connectivity index (χ0v) is 14.1. The molecule has 1 aromatic carbocycles. The second kappa shape index (κ2) is 6.76. The first-order valence-electron chi connectivity index (χ1n) is 9.15. The number of nitrogens with zero attached hydrogens (tertiary/aromatic N) is 1. The molecule has 1 atom stereocenters. The van der Waals surface area contributed by atoms with Gasteiger partial charge in [-0.05, 0) is 74.1 Å². The number of aromatic nitrogens is 1. The van der Waals surface area contributed by atoms with Crippen molar-refractivity contribution in [3.8, 4) is 0 Å². The summed E-state index contributed by atoms with van der Waals surface area (Å²) in [6.45, 7) is 0. The molecule has 24 heavy (non-hydrogen) atoms. The first kappa shape index (κ1) is 15.4. The summed E-state index contributed by atoms with van der Waals surface area (Å²) in [5.74, 6) is 0.0280. The molecule has 4 rings (SSSR count). The van der Waals surface area contributed by atoms with Gasteiger partial charge in [0.05, 0.1) is 5.56 Å². The van der Waals surface area contributed by atoms with Gasteiger partial charge in [-0.15, -0.1) is 0 Å². The lowest BCUT2D eigenvalue weighted by atomic mass is 9.95. The Morgan fingerprint density at radius 2 is 1.79 bits per heavy atom. The lowest BCUT2D eigenvalue weighted by Crippen LogP contribution is -2.36. The molecule has 0 radical (unpaired) electrons. The Labute approximate surface area is 143 Å². The number of hydrogen-bond acceptors (Lipinski definition) is 2. The normalized spacial score (nSPS) is 19.8. The van der Waals surface area contributed by atoms with Crippen LogP contribution in [-0.2, 0) is 25.7 Å². The molecule has 124 valence electrons. The molecule has 2 aliphatic carbocycles. The quantitative estimate of drug-likeness (QED) is 0.859. The van der Waals surface area contributed by atoms with Crippen molar-refractivity contribution in [2.45, 2.75) is 57.4 Å². The first-order chi connectivity index (χ1) is 11.8. The monoisotopic (exact) mass is 320 g/mol. The summed E-state index contributed by atoms with van der Waals surface area (Å²) >= 11 is 0. The first-order valence-corrected chi connectivity index (χ1v) is 9.15. The molecule has 0 bridgehead atoms. The molecule has 2 aliphatic rings. The lowest BCUT2D eigenvalue weighted by molar-refractivity contribution is 0.0934. The fourth-order valence-electron chi connectivity index (χ4n) is 4.01. The van der Waals surface area contributed by atoms with Crippen LogP contribution in [0.2, 0.25) is 0 Å². The van der Waals surface area contributed by atoms with Crippen LogP contribution >= 0.6 is 0 Å². The van der Waals surface area contributed by atoms with Crippen LogP contribution in [0.25, 0.3) is 0 Å². The third-order valence-electron chi connectivity index (χ3n) is 5.35. The molecule has 0 aliphatic heterocycles. The Hall–Kier alpha value is -2.16. The van der Waals surface area contributed by atoms with Crippen LogP contribution < -0.4 is 5.32 Å². The minimum absolute atomic E-state index is 0.0280. The van der Waals surface area contributed by atoms with Crippen LogP contribution in [0.4, 0.5) is 0 Å². The van der Waals surface area contributed by atoms with E-state index < -0.39 is 0 Å². The highest BCUT2D eigenvalue weighted by Crippen LogP contribution is 2.22. The number of fused-ring (bicyclic) bond motifs is 2. The van der Waals surface area contributed by atoms with Crippen molar-refractivity contribution in [3.05, 3.63) is 64.5 Å². The number of carbonyl (C=O) groups excluding carboxylic acids is 1. The van der Waals surface area contributed by atoms with E-state index in [0.29, 0.717) is 5.56 Å². The van der Waals surface area contributed by atoms with Gasteiger partial charge in [0.1, 0.15) is 0 Å². The van der Waals surface area contributed by atoms with Crippen LogP contribution in [0.15, 0.2) is 36.5 Å². The second-order valence-electron chi connectivity index (χ2n) is 7.07.